The fourth-order valence-corrected chi connectivity index (χ4v) is 1.78. The normalized spacial score (nSPS) is 12.4. The molecule has 102 valence electrons. The van der Waals surface area contributed by atoms with Crippen LogP contribution in [0.2, 0.25) is 0 Å². The minimum atomic E-state index is -0.410. The Labute approximate surface area is 110 Å². The predicted molar refractivity (Wildman–Crippen MR) is 72.9 cm³/mol. The van der Waals surface area contributed by atoms with Crippen LogP contribution in [0.5, 0.6) is 5.75 Å². The number of hydrogen-bond donors (Lipinski definition) is 1. The quantitative estimate of drug-likeness (QED) is 0.685. The molecule has 0 fully saturated rings. The van der Waals surface area contributed by atoms with Crippen LogP contribution in [0, 0.1) is 0 Å². The molecule has 1 atom stereocenters. The molecular weight excluding hydrogens is 228 g/mol. The molecule has 1 aromatic rings. The first-order valence-corrected chi connectivity index (χ1v) is 6.67. The van der Waals surface area contributed by atoms with Crippen molar-refractivity contribution in [3.63, 3.8) is 0 Å². The van der Waals surface area contributed by atoms with Crippen molar-refractivity contribution in [3.8, 4) is 5.75 Å². The third-order valence-electron chi connectivity index (χ3n) is 2.79. The van der Waals surface area contributed by atoms with Crippen LogP contribution in [-0.4, -0.2) is 25.4 Å². The Kier molecular flexibility index (Phi) is 7.46. The predicted octanol–water partition coefficient (Wildman–Crippen LogP) is 3.33. The van der Waals surface area contributed by atoms with E-state index in [1.165, 1.54) is 0 Å². The molecule has 0 aliphatic rings. The van der Waals surface area contributed by atoms with Gasteiger partial charge in [-0.2, -0.15) is 0 Å². The van der Waals surface area contributed by atoms with Crippen LogP contribution >= 0.6 is 0 Å². The van der Waals surface area contributed by atoms with Crippen LogP contribution in [-0.2, 0) is 4.74 Å². The molecule has 0 spiro atoms. The molecule has 0 aliphatic carbocycles. The van der Waals surface area contributed by atoms with E-state index in [2.05, 4.69) is 6.92 Å². The van der Waals surface area contributed by atoms with E-state index in [4.69, 9.17) is 9.47 Å². The van der Waals surface area contributed by atoms with E-state index >= 15 is 0 Å². The second-order valence-electron chi connectivity index (χ2n) is 4.43. The number of hydrogen-bond acceptors (Lipinski definition) is 3. The van der Waals surface area contributed by atoms with Crippen molar-refractivity contribution in [2.24, 2.45) is 0 Å². The van der Waals surface area contributed by atoms with Gasteiger partial charge >= 0.3 is 0 Å². The van der Waals surface area contributed by atoms with E-state index in [1.54, 1.807) is 7.11 Å². The van der Waals surface area contributed by atoms with Crippen molar-refractivity contribution in [1.29, 1.82) is 0 Å². The van der Waals surface area contributed by atoms with Gasteiger partial charge in [-0.3, -0.25) is 0 Å². The Morgan fingerprint density at radius 3 is 2.78 bits per heavy atom. The summed E-state index contributed by atoms with van der Waals surface area (Å²) in [6, 6.07) is 7.73. The molecule has 3 nitrogen and oxygen atoms in total. The molecule has 0 aromatic heterocycles. The third-order valence-corrected chi connectivity index (χ3v) is 2.79. The van der Waals surface area contributed by atoms with Crippen LogP contribution < -0.4 is 4.74 Å². The fraction of sp³-hybridized carbons (Fsp3) is 0.600. The van der Waals surface area contributed by atoms with E-state index in [0.717, 1.165) is 43.6 Å². The Balaban J connectivity index is 2.43. The van der Waals surface area contributed by atoms with E-state index in [-0.39, 0.29) is 0 Å². The molecule has 1 aromatic carbocycles. The number of benzene rings is 1. The molecule has 1 rings (SSSR count). The Hall–Kier alpha value is -1.06. The van der Waals surface area contributed by atoms with Gasteiger partial charge in [-0.25, -0.2) is 0 Å². The van der Waals surface area contributed by atoms with Crippen molar-refractivity contribution < 1.29 is 14.6 Å². The molecular formula is C15H24O3. The number of aliphatic hydroxyl groups excluding tert-OH is 1. The summed E-state index contributed by atoms with van der Waals surface area (Å²) in [7, 11) is 1.70. The molecule has 0 heterocycles. The summed E-state index contributed by atoms with van der Waals surface area (Å²) in [6.07, 6.45) is 3.30. The van der Waals surface area contributed by atoms with Gasteiger partial charge < -0.3 is 14.6 Å². The van der Waals surface area contributed by atoms with Crippen molar-refractivity contribution in [1.82, 2.24) is 0 Å². The Bertz CT molecular complexity index is 325. The highest BCUT2D eigenvalue weighted by atomic mass is 16.5. The first-order chi connectivity index (χ1) is 8.77. The lowest BCUT2D eigenvalue weighted by molar-refractivity contribution is 0.150. The lowest BCUT2D eigenvalue weighted by Gasteiger charge is -2.12. The molecule has 0 bridgehead atoms. The highest BCUT2D eigenvalue weighted by Crippen LogP contribution is 2.23. The van der Waals surface area contributed by atoms with Crippen LogP contribution in [0.3, 0.4) is 0 Å². The standard InChI is InChI=1S/C15H24O3/c1-3-10-18-14-8-6-7-13(12-14)15(16)9-4-5-11-17-2/h6-8,12,15-16H,3-5,9-11H2,1-2H3. The van der Waals surface area contributed by atoms with Crippen molar-refractivity contribution in [2.45, 2.75) is 38.7 Å². The first kappa shape index (κ1) is 15.0. The average molecular weight is 252 g/mol. The van der Waals surface area contributed by atoms with Gasteiger partial charge in [0.25, 0.3) is 0 Å². The fourth-order valence-electron chi connectivity index (χ4n) is 1.78. The summed E-state index contributed by atoms with van der Waals surface area (Å²) in [5, 5.41) is 10.1. The minimum Gasteiger partial charge on any atom is -0.494 e. The average Bonchev–Trinajstić information content (AvgIpc) is 2.41. The van der Waals surface area contributed by atoms with Gasteiger partial charge in [0.05, 0.1) is 12.7 Å². The van der Waals surface area contributed by atoms with E-state index in [1.807, 2.05) is 24.3 Å². The maximum Gasteiger partial charge on any atom is 0.119 e. The Morgan fingerprint density at radius 1 is 1.22 bits per heavy atom. The third kappa shape index (κ3) is 5.52. The number of ether oxygens (including phenoxy) is 2. The molecule has 3 heteroatoms. The van der Waals surface area contributed by atoms with Gasteiger partial charge in [0.15, 0.2) is 0 Å². The second-order valence-corrected chi connectivity index (χ2v) is 4.43. The summed E-state index contributed by atoms with van der Waals surface area (Å²) in [5.74, 6) is 0.838. The van der Waals surface area contributed by atoms with Crippen LogP contribution in [0.1, 0.15) is 44.3 Å². The zero-order valence-corrected chi connectivity index (χ0v) is 11.4. The summed E-state index contributed by atoms with van der Waals surface area (Å²) < 4.78 is 10.5. The zero-order chi connectivity index (χ0) is 13.2. The van der Waals surface area contributed by atoms with Crippen molar-refractivity contribution >= 4 is 0 Å². The Morgan fingerprint density at radius 2 is 2.06 bits per heavy atom. The minimum absolute atomic E-state index is 0.410. The topological polar surface area (TPSA) is 38.7 Å². The van der Waals surface area contributed by atoms with Crippen molar-refractivity contribution in [2.75, 3.05) is 20.3 Å². The van der Waals surface area contributed by atoms with Gasteiger partial charge in [-0.1, -0.05) is 19.1 Å². The lowest BCUT2D eigenvalue weighted by atomic mass is 10.0. The smallest absolute Gasteiger partial charge is 0.119 e. The monoisotopic (exact) mass is 252 g/mol. The number of rotatable bonds is 9. The molecule has 0 saturated heterocycles. The number of aliphatic hydroxyl groups is 1. The van der Waals surface area contributed by atoms with Crippen LogP contribution in [0.15, 0.2) is 24.3 Å². The van der Waals surface area contributed by atoms with Gasteiger partial charge in [-0.05, 0) is 43.4 Å². The largest absolute Gasteiger partial charge is 0.494 e. The maximum absolute atomic E-state index is 10.1. The van der Waals surface area contributed by atoms with Crippen LogP contribution in [0.4, 0.5) is 0 Å². The van der Waals surface area contributed by atoms with Gasteiger partial charge in [-0.15, -0.1) is 0 Å². The number of unbranched alkanes of at least 4 members (excludes halogenated alkanes) is 1. The maximum atomic E-state index is 10.1. The molecule has 0 amide bonds. The van der Waals surface area contributed by atoms with Gasteiger partial charge in [0, 0.05) is 13.7 Å². The van der Waals surface area contributed by atoms with Crippen molar-refractivity contribution in [3.05, 3.63) is 29.8 Å². The summed E-state index contributed by atoms with van der Waals surface area (Å²) in [4.78, 5) is 0. The summed E-state index contributed by atoms with van der Waals surface area (Å²) in [6.45, 7) is 3.55. The van der Waals surface area contributed by atoms with E-state index < -0.39 is 6.10 Å². The number of methoxy groups -OCH3 is 1. The summed E-state index contributed by atoms with van der Waals surface area (Å²) >= 11 is 0. The molecule has 0 radical (unpaired) electrons. The second kappa shape index (κ2) is 8.95. The highest BCUT2D eigenvalue weighted by molar-refractivity contribution is 5.29. The van der Waals surface area contributed by atoms with Crippen LogP contribution in [0.25, 0.3) is 0 Å². The molecule has 0 saturated carbocycles. The first-order valence-electron chi connectivity index (χ1n) is 6.67. The molecule has 1 N–H and O–H groups in total. The molecule has 0 aliphatic heterocycles. The SMILES string of the molecule is CCCOc1cccc(C(O)CCCCOC)c1. The zero-order valence-electron chi connectivity index (χ0n) is 11.4. The lowest BCUT2D eigenvalue weighted by Crippen LogP contribution is -2.00. The molecule has 1 unspecified atom stereocenters. The van der Waals surface area contributed by atoms with Gasteiger partial charge in [0.1, 0.15) is 5.75 Å². The molecule has 18 heavy (non-hydrogen) atoms. The highest BCUT2D eigenvalue weighted by Gasteiger charge is 2.08. The summed E-state index contributed by atoms with van der Waals surface area (Å²) in [5.41, 5.74) is 0.931. The van der Waals surface area contributed by atoms with E-state index in [0.29, 0.717) is 6.61 Å². The van der Waals surface area contributed by atoms with Gasteiger partial charge in [0.2, 0.25) is 0 Å². The van der Waals surface area contributed by atoms with E-state index in [9.17, 15) is 5.11 Å².